The number of amides is 1. The first-order valence-corrected chi connectivity index (χ1v) is 11.6. The minimum absolute atomic E-state index is 0.191. The monoisotopic (exact) mass is 485 g/mol. The summed E-state index contributed by atoms with van der Waals surface area (Å²) >= 11 is 12.5. The molecule has 4 rings (SSSR count). The van der Waals surface area contributed by atoms with Crippen molar-refractivity contribution in [3.8, 4) is 0 Å². The van der Waals surface area contributed by atoms with Crippen molar-refractivity contribution in [3.05, 3.63) is 87.9 Å². The lowest BCUT2D eigenvalue weighted by Crippen LogP contribution is -2.42. The molecule has 1 saturated heterocycles. The van der Waals surface area contributed by atoms with Crippen molar-refractivity contribution >= 4 is 35.1 Å². The van der Waals surface area contributed by atoms with Gasteiger partial charge in [0.25, 0.3) is 5.91 Å². The lowest BCUT2D eigenvalue weighted by Gasteiger charge is -2.34. The average molecular weight is 486 g/mol. The molecule has 0 N–H and O–H groups in total. The Morgan fingerprint density at radius 2 is 1.85 bits per heavy atom. The van der Waals surface area contributed by atoms with Crippen LogP contribution < -0.4 is 0 Å². The molecule has 1 unspecified atom stereocenters. The van der Waals surface area contributed by atoms with Gasteiger partial charge >= 0.3 is 5.97 Å². The van der Waals surface area contributed by atoms with E-state index < -0.39 is 12.1 Å². The Balaban J connectivity index is 1.44. The topological polar surface area (TPSA) is 64.4 Å². The van der Waals surface area contributed by atoms with Crippen molar-refractivity contribution < 1.29 is 14.3 Å². The van der Waals surface area contributed by atoms with Crippen molar-refractivity contribution in [2.24, 2.45) is 0 Å². The van der Waals surface area contributed by atoms with Crippen LogP contribution in [0.5, 0.6) is 0 Å². The van der Waals surface area contributed by atoms with Gasteiger partial charge in [0, 0.05) is 53.9 Å². The van der Waals surface area contributed by atoms with Gasteiger partial charge in [-0.25, -0.2) is 4.98 Å². The van der Waals surface area contributed by atoms with Crippen molar-refractivity contribution in [1.29, 1.82) is 0 Å². The number of imidazole rings is 1. The van der Waals surface area contributed by atoms with E-state index in [1.54, 1.807) is 35.4 Å². The number of halogens is 2. The van der Waals surface area contributed by atoms with Crippen LogP contribution in [0.1, 0.15) is 48.7 Å². The lowest BCUT2D eigenvalue weighted by molar-refractivity contribution is -0.159. The number of carbonyl (C=O) groups excluding carboxylic acids is 2. The molecule has 1 aliphatic rings. The van der Waals surface area contributed by atoms with Crippen LogP contribution in [0.3, 0.4) is 0 Å². The SMILES string of the molecule is CC(=O)OC(C(=O)N1CCC(c2nccn2Cc2cc(Cl)ccc2Cl)CC1)c1ccccc1. The van der Waals surface area contributed by atoms with Crippen LogP contribution in [-0.4, -0.2) is 39.4 Å². The van der Waals surface area contributed by atoms with Gasteiger partial charge in [-0.1, -0.05) is 53.5 Å². The first-order chi connectivity index (χ1) is 15.9. The largest absolute Gasteiger partial charge is 0.447 e. The lowest BCUT2D eigenvalue weighted by atomic mass is 9.95. The summed E-state index contributed by atoms with van der Waals surface area (Å²) < 4.78 is 7.48. The molecule has 1 fully saturated rings. The fourth-order valence-electron chi connectivity index (χ4n) is 4.24. The third kappa shape index (κ3) is 5.57. The number of ether oxygens (including phenoxy) is 1. The number of hydrogen-bond acceptors (Lipinski definition) is 4. The zero-order valence-electron chi connectivity index (χ0n) is 18.3. The molecule has 3 aromatic rings. The van der Waals surface area contributed by atoms with E-state index in [1.165, 1.54) is 6.92 Å². The summed E-state index contributed by atoms with van der Waals surface area (Å²) in [5.74, 6) is 0.515. The summed E-state index contributed by atoms with van der Waals surface area (Å²) in [6.45, 7) is 3.04. The Hall–Kier alpha value is -2.83. The average Bonchev–Trinajstić information content (AvgIpc) is 3.28. The zero-order chi connectivity index (χ0) is 23.4. The van der Waals surface area contributed by atoms with Crippen LogP contribution in [0, 0.1) is 0 Å². The molecule has 2 aromatic carbocycles. The predicted molar refractivity (Wildman–Crippen MR) is 127 cm³/mol. The molecule has 6 nitrogen and oxygen atoms in total. The van der Waals surface area contributed by atoms with E-state index >= 15 is 0 Å². The second-order valence-corrected chi connectivity index (χ2v) is 8.99. The summed E-state index contributed by atoms with van der Waals surface area (Å²) in [5, 5.41) is 1.31. The first-order valence-electron chi connectivity index (χ1n) is 10.9. The van der Waals surface area contributed by atoms with Crippen LogP contribution in [0.2, 0.25) is 10.0 Å². The predicted octanol–water partition coefficient (Wildman–Crippen LogP) is 5.25. The summed E-state index contributed by atoms with van der Waals surface area (Å²) in [4.78, 5) is 31.2. The Morgan fingerprint density at radius 1 is 1.12 bits per heavy atom. The molecule has 0 saturated carbocycles. The molecule has 0 radical (unpaired) electrons. The maximum atomic E-state index is 13.2. The van der Waals surface area contributed by atoms with Gasteiger partial charge in [0.05, 0.1) is 6.54 Å². The number of piperidine rings is 1. The highest BCUT2D eigenvalue weighted by molar-refractivity contribution is 6.33. The smallest absolute Gasteiger partial charge is 0.303 e. The Bertz CT molecular complexity index is 1120. The molecule has 0 bridgehead atoms. The highest BCUT2D eigenvalue weighted by Crippen LogP contribution is 2.31. The van der Waals surface area contributed by atoms with Gasteiger partial charge in [-0.15, -0.1) is 0 Å². The fourth-order valence-corrected chi connectivity index (χ4v) is 4.61. The number of esters is 1. The number of aromatic nitrogens is 2. The maximum Gasteiger partial charge on any atom is 0.303 e. The van der Waals surface area contributed by atoms with Gasteiger partial charge in [0.1, 0.15) is 5.82 Å². The van der Waals surface area contributed by atoms with Crippen molar-refractivity contribution in [3.63, 3.8) is 0 Å². The summed E-state index contributed by atoms with van der Waals surface area (Å²) in [7, 11) is 0. The van der Waals surface area contributed by atoms with Gasteiger partial charge in [-0.2, -0.15) is 0 Å². The summed E-state index contributed by atoms with van der Waals surface area (Å²) in [5.41, 5.74) is 1.61. The van der Waals surface area contributed by atoms with Crippen LogP contribution in [0.25, 0.3) is 0 Å². The molecular weight excluding hydrogens is 461 g/mol. The van der Waals surface area contributed by atoms with Gasteiger partial charge in [-0.3, -0.25) is 9.59 Å². The summed E-state index contributed by atoms with van der Waals surface area (Å²) in [6, 6.07) is 14.6. The zero-order valence-corrected chi connectivity index (χ0v) is 19.8. The standard InChI is InChI=1S/C25H25Cl2N3O3/c1-17(31)33-23(18-5-3-2-4-6-18)25(32)29-12-9-19(10-13-29)24-28-11-14-30(24)16-20-15-21(26)7-8-22(20)27/h2-8,11,14-15,19,23H,9-10,12-13,16H2,1H3. The number of likely N-dealkylation sites (tertiary alicyclic amines) is 1. The van der Waals surface area contributed by atoms with Crippen LogP contribution in [-0.2, 0) is 20.9 Å². The molecule has 1 amide bonds. The van der Waals surface area contributed by atoms with E-state index in [0.717, 1.165) is 24.2 Å². The summed E-state index contributed by atoms with van der Waals surface area (Å²) in [6.07, 6.45) is 4.35. The molecular formula is C25H25Cl2N3O3. The van der Waals surface area contributed by atoms with Gasteiger partial charge < -0.3 is 14.2 Å². The van der Waals surface area contributed by atoms with E-state index in [9.17, 15) is 9.59 Å². The van der Waals surface area contributed by atoms with Crippen molar-refractivity contribution in [1.82, 2.24) is 14.5 Å². The number of rotatable bonds is 6. The first kappa shape index (κ1) is 23.3. The van der Waals surface area contributed by atoms with Crippen molar-refractivity contribution in [2.45, 2.75) is 38.3 Å². The molecule has 1 aromatic heterocycles. The number of hydrogen-bond donors (Lipinski definition) is 0. The van der Waals surface area contributed by atoms with Crippen LogP contribution >= 0.6 is 23.2 Å². The second-order valence-electron chi connectivity index (χ2n) is 8.15. The Morgan fingerprint density at radius 3 is 2.55 bits per heavy atom. The third-order valence-corrected chi connectivity index (χ3v) is 6.48. The van der Waals surface area contributed by atoms with Crippen LogP contribution in [0.4, 0.5) is 0 Å². The quantitative estimate of drug-likeness (QED) is 0.447. The molecule has 0 aliphatic carbocycles. The molecule has 33 heavy (non-hydrogen) atoms. The Kier molecular flexibility index (Phi) is 7.36. The van der Waals surface area contributed by atoms with E-state index in [1.807, 2.05) is 30.5 Å². The highest BCUT2D eigenvalue weighted by atomic mass is 35.5. The molecule has 0 spiro atoms. The molecule has 172 valence electrons. The van der Waals surface area contributed by atoms with Gasteiger partial charge in [0.15, 0.2) is 0 Å². The molecule has 1 atom stereocenters. The minimum Gasteiger partial charge on any atom is -0.447 e. The fraction of sp³-hybridized carbons (Fsp3) is 0.320. The van der Waals surface area contributed by atoms with Crippen molar-refractivity contribution in [2.75, 3.05) is 13.1 Å². The maximum absolute atomic E-state index is 13.2. The normalized spacial score (nSPS) is 15.3. The number of benzene rings is 2. The van der Waals surface area contributed by atoms with Gasteiger partial charge in [-0.05, 0) is 36.6 Å². The number of carbonyl (C=O) groups is 2. The van der Waals surface area contributed by atoms with Crippen LogP contribution in [0.15, 0.2) is 60.9 Å². The van der Waals surface area contributed by atoms with E-state index in [-0.39, 0.29) is 11.8 Å². The molecule has 2 heterocycles. The van der Waals surface area contributed by atoms with E-state index in [0.29, 0.717) is 35.2 Å². The second kappa shape index (κ2) is 10.4. The number of nitrogens with zero attached hydrogens (tertiary/aromatic N) is 3. The van der Waals surface area contributed by atoms with E-state index in [2.05, 4.69) is 9.55 Å². The Labute approximate surface area is 203 Å². The molecule has 1 aliphatic heterocycles. The third-order valence-electron chi connectivity index (χ3n) is 5.88. The minimum atomic E-state index is -0.924. The highest BCUT2D eigenvalue weighted by Gasteiger charge is 2.32. The molecule has 8 heteroatoms. The van der Waals surface area contributed by atoms with E-state index in [4.69, 9.17) is 27.9 Å². The van der Waals surface area contributed by atoms with Gasteiger partial charge in [0.2, 0.25) is 6.10 Å².